The number of nitrogens with one attached hydrogen (secondary N) is 2. The summed E-state index contributed by atoms with van der Waals surface area (Å²) in [4.78, 5) is 9.16. The minimum Gasteiger partial charge on any atom is -0.473 e. The molecule has 0 aromatic carbocycles. The maximum Gasteiger partial charge on any atom is 0.238 e. The van der Waals surface area contributed by atoms with Crippen LogP contribution in [0.25, 0.3) is 5.57 Å². The number of rotatable bonds is 7. The summed E-state index contributed by atoms with van der Waals surface area (Å²) in [5, 5.41) is 20.8. The molecule has 10 heteroatoms. The Hall–Kier alpha value is -3.69. The van der Waals surface area contributed by atoms with Crippen LogP contribution in [0.3, 0.4) is 0 Å². The number of aromatic nitrogens is 4. The average Bonchev–Trinajstić information content (AvgIpc) is 3.44. The van der Waals surface area contributed by atoms with Crippen molar-refractivity contribution < 1.29 is 4.74 Å². The van der Waals surface area contributed by atoms with Crippen molar-refractivity contribution in [3.05, 3.63) is 47.9 Å². The Morgan fingerprint density at radius 1 is 1.35 bits per heavy atom. The fraction of sp³-hybridized carbons (Fsp3) is 0.381. The second kappa shape index (κ2) is 8.58. The fourth-order valence-corrected chi connectivity index (χ4v) is 3.00. The van der Waals surface area contributed by atoms with Crippen LogP contribution in [-0.2, 0) is 0 Å². The molecule has 1 fully saturated rings. The zero-order valence-corrected chi connectivity index (χ0v) is 18.2. The largest absolute Gasteiger partial charge is 0.473 e. The number of pyridine rings is 1. The van der Waals surface area contributed by atoms with Gasteiger partial charge in [-0.15, -0.1) is 5.10 Å². The standard InChI is InChI=1S/C21H27N9O/c1-13(2)29-12-17(27-28-29)14(3)20-26-18(11-19(22-4)30(20)23-5)25-16-7-6-10-24-21(16)31-15-8-9-15/h6-7,10-13,15,22H,5,8-9H2,1-4H3,(H,25,26)/b20-14+. The normalized spacial score (nSPS) is 17.8. The highest BCUT2D eigenvalue weighted by Gasteiger charge is 2.26. The van der Waals surface area contributed by atoms with E-state index in [4.69, 9.17) is 9.73 Å². The van der Waals surface area contributed by atoms with E-state index in [0.29, 0.717) is 23.4 Å². The molecule has 162 valence electrons. The van der Waals surface area contributed by atoms with Crippen molar-refractivity contribution in [3.63, 3.8) is 0 Å². The molecular weight excluding hydrogens is 394 g/mol. The number of amidine groups is 1. The Bertz CT molecular complexity index is 1060. The molecule has 0 saturated heterocycles. The summed E-state index contributed by atoms with van der Waals surface area (Å²) in [7, 11) is 1.82. The number of hydrazone groups is 1. The van der Waals surface area contributed by atoms with E-state index in [9.17, 15) is 0 Å². The van der Waals surface area contributed by atoms with E-state index in [2.05, 4.69) is 51.6 Å². The Labute approximate surface area is 181 Å². The van der Waals surface area contributed by atoms with Crippen LogP contribution in [0.4, 0.5) is 5.69 Å². The zero-order chi connectivity index (χ0) is 22.0. The second-order valence-electron chi connectivity index (χ2n) is 7.65. The summed E-state index contributed by atoms with van der Waals surface area (Å²) in [5.74, 6) is 2.49. The van der Waals surface area contributed by atoms with E-state index in [0.717, 1.165) is 29.8 Å². The van der Waals surface area contributed by atoms with Crippen molar-refractivity contribution in [2.45, 2.75) is 45.8 Å². The lowest BCUT2D eigenvalue weighted by Crippen LogP contribution is -2.31. The molecule has 31 heavy (non-hydrogen) atoms. The molecule has 1 saturated carbocycles. The summed E-state index contributed by atoms with van der Waals surface area (Å²) in [6.07, 6.45) is 7.83. The number of anilines is 1. The summed E-state index contributed by atoms with van der Waals surface area (Å²) in [5.41, 5.74) is 2.29. The summed E-state index contributed by atoms with van der Waals surface area (Å²) in [6, 6.07) is 3.99. The number of hydrogen-bond donors (Lipinski definition) is 2. The Balaban J connectivity index is 1.71. The molecule has 2 aromatic heterocycles. The van der Waals surface area contributed by atoms with E-state index in [1.165, 1.54) is 0 Å². The molecule has 2 N–H and O–H groups in total. The van der Waals surface area contributed by atoms with Crippen LogP contribution in [0.15, 0.2) is 52.3 Å². The average molecular weight is 422 g/mol. The molecule has 1 aliphatic carbocycles. The van der Waals surface area contributed by atoms with Crippen molar-refractivity contribution in [2.24, 2.45) is 10.1 Å². The van der Waals surface area contributed by atoms with Gasteiger partial charge in [0.15, 0.2) is 5.82 Å². The monoisotopic (exact) mass is 421 g/mol. The van der Waals surface area contributed by atoms with Gasteiger partial charge in [0.25, 0.3) is 0 Å². The lowest BCUT2D eigenvalue weighted by molar-refractivity contribution is 0.293. The third-order valence-corrected chi connectivity index (χ3v) is 4.92. The first-order valence-corrected chi connectivity index (χ1v) is 10.3. The molecule has 0 bridgehead atoms. The first-order valence-electron chi connectivity index (χ1n) is 10.3. The lowest BCUT2D eigenvalue weighted by atomic mass is 10.2. The third kappa shape index (κ3) is 4.42. The zero-order valence-electron chi connectivity index (χ0n) is 18.2. The topological polar surface area (TPSA) is 105 Å². The van der Waals surface area contributed by atoms with Crippen LogP contribution in [0, 0.1) is 0 Å². The van der Waals surface area contributed by atoms with Gasteiger partial charge in [0.2, 0.25) is 5.88 Å². The van der Waals surface area contributed by atoms with Crippen LogP contribution in [0.2, 0.25) is 0 Å². The smallest absolute Gasteiger partial charge is 0.238 e. The Morgan fingerprint density at radius 2 is 2.16 bits per heavy atom. The van der Waals surface area contributed by atoms with Crippen LogP contribution in [0.1, 0.15) is 45.3 Å². The number of aliphatic imine (C=N–C) groups is 1. The molecule has 4 rings (SSSR count). The molecule has 0 atom stereocenters. The third-order valence-electron chi connectivity index (χ3n) is 4.92. The molecule has 1 aliphatic heterocycles. The summed E-state index contributed by atoms with van der Waals surface area (Å²) >= 11 is 0. The van der Waals surface area contributed by atoms with Crippen LogP contribution < -0.4 is 15.4 Å². The van der Waals surface area contributed by atoms with E-state index in [1.54, 1.807) is 11.2 Å². The highest BCUT2D eigenvalue weighted by Crippen LogP contribution is 2.31. The molecule has 3 heterocycles. The van der Waals surface area contributed by atoms with Crippen molar-refractivity contribution in [2.75, 3.05) is 12.4 Å². The van der Waals surface area contributed by atoms with Crippen molar-refractivity contribution >= 4 is 23.8 Å². The Kier molecular flexibility index (Phi) is 5.70. The molecule has 0 amide bonds. The number of allylic oxidation sites excluding steroid dienone is 1. The van der Waals surface area contributed by atoms with Crippen LogP contribution in [0.5, 0.6) is 5.88 Å². The number of nitrogens with zero attached hydrogens (tertiary/aromatic N) is 7. The molecule has 0 unspecified atom stereocenters. The van der Waals surface area contributed by atoms with E-state index >= 15 is 0 Å². The maximum absolute atomic E-state index is 5.93. The van der Waals surface area contributed by atoms with Crippen molar-refractivity contribution in [3.8, 4) is 5.88 Å². The van der Waals surface area contributed by atoms with Gasteiger partial charge in [-0.25, -0.2) is 14.7 Å². The van der Waals surface area contributed by atoms with Gasteiger partial charge in [-0.05, 0) is 45.7 Å². The molecule has 0 radical (unpaired) electrons. The quantitative estimate of drug-likeness (QED) is 0.662. The fourth-order valence-electron chi connectivity index (χ4n) is 3.00. The second-order valence-corrected chi connectivity index (χ2v) is 7.65. The summed E-state index contributed by atoms with van der Waals surface area (Å²) < 4.78 is 7.73. The molecule has 2 aromatic rings. The SMILES string of the molecule is C=NN1C(NC)=CC(Nc2cccnc2OC2CC2)=N/C1=C(/C)c1cn(C(C)C)nn1. The van der Waals surface area contributed by atoms with Gasteiger partial charge in [-0.2, -0.15) is 10.1 Å². The maximum atomic E-state index is 5.93. The summed E-state index contributed by atoms with van der Waals surface area (Å²) in [6.45, 7) is 9.75. The number of ether oxygens (including phenoxy) is 1. The van der Waals surface area contributed by atoms with Gasteiger partial charge in [-0.3, -0.25) is 0 Å². The molecule has 2 aliphatic rings. The van der Waals surface area contributed by atoms with Gasteiger partial charge >= 0.3 is 0 Å². The molecule has 0 spiro atoms. The van der Waals surface area contributed by atoms with Gasteiger partial charge in [0, 0.05) is 37.7 Å². The highest BCUT2D eigenvalue weighted by atomic mass is 16.5. The van der Waals surface area contributed by atoms with E-state index < -0.39 is 0 Å². The first kappa shape index (κ1) is 20.6. The van der Waals surface area contributed by atoms with E-state index in [-0.39, 0.29) is 12.1 Å². The predicted octanol–water partition coefficient (Wildman–Crippen LogP) is 2.99. The minimum absolute atomic E-state index is 0.211. The number of hydrogen-bond acceptors (Lipinski definition) is 9. The Morgan fingerprint density at radius 3 is 2.81 bits per heavy atom. The van der Waals surface area contributed by atoms with Gasteiger partial charge < -0.3 is 15.4 Å². The van der Waals surface area contributed by atoms with Gasteiger partial charge in [0.1, 0.15) is 29.1 Å². The lowest BCUT2D eigenvalue weighted by Gasteiger charge is -2.27. The van der Waals surface area contributed by atoms with Crippen molar-refractivity contribution in [1.29, 1.82) is 0 Å². The predicted molar refractivity (Wildman–Crippen MR) is 120 cm³/mol. The minimum atomic E-state index is 0.211. The van der Waals surface area contributed by atoms with Crippen LogP contribution in [-0.4, -0.2) is 50.7 Å². The first-order chi connectivity index (χ1) is 15.0. The molecular formula is C21H27N9O. The van der Waals surface area contributed by atoms with Gasteiger partial charge in [0.05, 0.1) is 6.20 Å². The van der Waals surface area contributed by atoms with Crippen LogP contribution >= 0.6 is 0 Å². The van der Waals surface area contributed by atoms with E-state index in [1.807, 2.05) is 43.1 Å². The van der Waals surface area contributed by atoms with Gasteiger partial charge in [-0.1, -0.05) is 5.21 Å². The van der Waals surface area contributed by atoms with Crippen molar-refractivity contribution in [1.82, 2.24) is 30.3 Å². The molecule has 10 nitrogen and oxygen atoms in total. The highest BCUT2D eigenvalue weighted by molar-refractivity contribution is 6.06.